The fraction of sp³-hybridized carbons (Fsp3) is 0.421. The maximum absolute atomic E-state index is 13.7. The summed E-state index contributed by atoms with van der Waals surface area (Å²) in [6, 6.07) is 8.79. The third-order valence-electron chi connectivity index (χ3n) is 5.34. The number of hydrogen-bond donors (Lipinski definition) is 0. The molecule has 1 aromatic carbocycles. The summed E-state index contributed by atoms with van der Waals surface area (Å²) < 4.78 is 13.7. The maximum Gasteiger partial charge on any atom is 0.233 e. The first kappa shape index (κ1) is 14.9. The van der Waals surface area contributed by atoms with Crippen LogP contribution in [0, 0.1) is 5.82 Å². The Bertz CT molecular complexity index is 732. The van der Waals surface area contributed by atoms with Crippen LogP contribution in [0.1, 0.15) is 41.7 Å². The minimum absolute atomic E-state index is 0.192. The Labute approximate surface area is 139 Å². The molecule has 2 heterocycles. The maximum atomic E-state index is 13.7. The number of nitrogens with zero attached hydrogens (tertiary/aromatic N) is 1. The SMILES string of the molecule is O=C(N1CCc2sccc2C1)C1(c2cccc(F)c2)CCCC1. The number of fused-ring (bicyclic) bond motifs is 1. The van der Waals surface area contributed by atoms with Gasteiger partial charge in [0.25, 0.3) is 0 Å². The molecule has 2 nitrogen and oxygen atoms in total. The smallest absolute Gasteiger partial charge is 0.233 e. The average Bonchev–Trinajstić information content (AvgIpc) is 3.23. The van der Waals surface area contributed by atoms with Gasteiger partial charge in [-0.15, -0.1) is 11.3 Å². The van der Waals surface area contributed by atoms with E-state index >= 15 is 0 Å². The number of amides is 1. The molecule has 23 heavy (non-hydrogen) atoms. The fourth-order valence-corrected chi connectivity index (χ4v) is 5.00. The molecule has 1 saturated carbocycles. The van der Waals surface area contributed by atoms with Gasteiger partial charge in [0.05, 0.1) is 5.41 Å². The van der Waals surface area contributed by atoms with Crippen LogP contribution in [0.5, 0.6) is 0 Å². The molecule has 0 radical (unpaired) electrons. The minimum atomic E-state index is -0.518. The number of hydrogen-bond acceptors (Lipinski definition) is 2. The molecular weight excluding hydrogens is 309 g/mol. The van der Waals surface area contributed by atoms with E-state index in [1.165, 1.54) is 16.5 Å². The molecule has 120 valence electrons. The molecular formula is C19H20FNOS. The predicted octanol–water partition coefficient (Wildman–Crippen LogP) is 4.28. The first-order valence-corrected chi connectivity index (χ1v) is 9.18. The zero-order valence-corrected chi connectivity index (χ0v) is 13.9. The highest BCUT2D eigenvalue weighted by atomic mass is 32.1. The molecule has 2 aromatic rings. The van der Waals surface area contributed by atoms with Crippen molar-refractivity contribution in [1.82, 2.24) is 4.90 Å². The molecule has 0 spiro atoms. The van der Waals surface area contributed by atoms with E-state index in [0.29, 0.717) is 6.54 Å². The van der Waals surface area contributed by atoms with E-state index in [1.807, 2.05) is 11.0 Å². The predicted molar refractivity (Wildman–Crippen MR) is 90.0 cm³/mol. The standard InChI is InChI=1S/C19H20FNOS/c20-16-5-3-4-15(12-16)19(8-1-2-9-19)18(22)21-10-6-17-14(13-21)7-11-23-17/h3-5,7,11-12H,1-2,6,8-10,13H2. The van der Waals surface area contributed by atoms with E-state index in [-0.39, 0.29) is 11.7 Å². The van der Waals surface area contributed by atoms with Crippen molar-refractivity contribution in [3.8, 4) is 0 Å². The molecule has 1 amide bonds. The van der Waals surface area contributed by atoms with Crippen molar-refractivity contribution < 1.29 is 9.18 Å². The average molecular weight is 329 g/mol. The lowest BCUT2D eigenvalue weighted by Crippen LogP contribution is -2.47. The highest BCUT2D eigenvalue weighted by Crippen LogP contribution is 2.43. The Hall–Kier alpha value is -1.68. The van der Waals surface area contributed by atoms with Crippen LogP contribution in [0.2, 0.25) is 0 Å². The van der Waals surface area contributed by atoms with E-state index in [1.54, 1.807) is 23.5 Å². The summed E-state index contributed by atoms with van der Waals surface area (Å²) in [5.74, 6) is -0.0576. The van der Waals surface area contributed by atoms with Crippen LogP contribution in [-0.2, 0) is 23.2 Å². The summed E-state index contributed by atoms with van der Waals surface area (Å²) in [4.78, 5) is 16.8. The van der Waals surface area contributed by atoms with E-state index < -0.39 is 5.41 Å². The van der Waals surface area contributed by atoms with E-state index in [9.17, 15) is 9.18 Å². The second-order valence-electron chi connectivity index (χ2n) is 6.65. The Morgan fingerprint density at radius 3 is 2.83 bits per heavy atom. The Morgan fingerprint density at radius 1 is 1.22 bits per heavy atom. The molecule has 0 saturated heterocycles. The quantitative estimate of drug-likeness (QED) is 0.805. The summed E-state index contributed by atoms with van der Waals surface area (Å²) in [7, 11) is 0. The molecule has 1 aromatic heterocycles. The largest absolute Gasteiger partial charge is 0.337 e. The minimum Gasteiger partial charge on any atom is -0.337 e. The van der Waals surface area contributed by atoms with Crippen molar-refractivity contribution in [2.24, 2.45) is 0 Å². The third kappa shape index (κ3) is 2.49. The number of halogens is 1. The van der Waals surface area contributed by atoms with Gasteiger partial charge in [0.1, 0.15) is 5.82 Å². The van der Waals surface area contributed by atoms with Crippen LogP contribution < -0.4 is 0 Å². The van der Waals surface area contributed by atoms with Crippen LogP contribution in [0.3, 0.4) is 0 Å². The number of thiophene rings is 1. The lowest BCUT2D eigenvalue weighted by atomic mass is 9.77. The highest BCUT2D eigenvalue weighted by Gasteiger charge is 2.45. The molecule has 1 aliphatic heterocycles. The molecule has 4 rings (SSSR count). The van der Waals surface area contributed by atoms with E-state index in [0.717, 1.165) is 44.2 Å². The topological polar surface area (TPSA) is 20.3 Å². The monoisotopic (exact) mass is 329 g/mol. The zero-order chi connectivity index (χ0) is 15.9. The molecule has 2 aliphatic rings. The number of carbonyl (C=O) groups is 1. The Balaban J connectivity index is 1.67. The summed E-state index contributed by atoms with van der Waals surface area (Å²) in [5, 5.41) is 2.11. The molecule has 0 N–H and O–H groups in total. The molecule has 1 fully saturated rings. The van der Waals surface area contributed by atoms with Gasteiger partial charge in [-0.1, -0.05) is 25.0 Å². The highest BCUT2D eigenvalue weighted by molar-refractivity contribution is 7.10. The Morgan fingerprint density at radius 2 is 2.04 bits per heavy atom. The van der Waals surface area contributed by atoms with Crippen molar-refractivity contribution in [1.29, 1.82) is 0 Å². The zero-order valence-electron chi connectivity index (χ0n) is 13.1. The molecule has 1 aliphatic carbocycles. The summed E-state index contributed by atoms with van der Waals surface area (Å²) in [6.07, 6.45) is 4.70. The van der Waals surface area contributed by atoms with Gasteiger partial charge in [-0.25, -0.2) is 4.39 Å². The van der Waals surface area contributed by atoms with Crippen LogP contribution in [-0.4, -0.2) is 17.4 Å². The summed E-state index contributed by atoms with van der Waals surface area (Å²) >= 11 is 1.78. The van der Waals surface area contributed by atoms with Crippen LogP contribution >= 0.6 is 11.3 Å². The van der Waals surface area contributed by atoms with Crippen molar-refractivity contribution in [2.45, 2.75) is 44.1 Å². The van der Waals surface area contributed by atoms with Crippen LogP contribution in [0.25, 0.3) is 0 Å². The number of benzene rings is 1. The lowest BCUT2D eigenvalue weighted by molar-refractivity contribution is -0.138. The normalized spacial score (nSPS) is 19.6. The van der Waals surface area contributed by atoms with Crippen molar-refractivity contribution in [3.63, 3.8) is 0 Å². The van der Waals surface area contributed by atoms with E-state index in [2.05, 4.69) is 11.4 Å². The third-order valence-corrected chi connectivity index (χ3v) is 6.36. The van der Waals surface area contributed by atoms with Gasteiger partial charge < -0.3 is 4.90 Å². The number of rotatable bonds is 2. The fourth-order valence-electron chi connectivity index (χ4n) is 4.12. The summed E-state index contributed by atoms with van der Waals surface area (Å²) in [5.41, 5.74) is 1.62. The van der Waals surface area contributed by atoms with Gasteiger partial charge in [0, 0.05) is 18.0 Å². The van der Waals surface area contributed by atoms with Crippen molar-refractivity contribution in [3.05, 3.63) is 57.5 Å². The first-order valence-electron chi connectivity index (χ1n) is 8.30. The second kappa shape index (κ2) is 5.75. The van der Waals surface area contributed by atoms with Gasteiger partial charge in [0.2, 0.25) is 5.91 Å². The second-order valence-corrected chi connectivity index (χ2v) is 7.65. The lowest BCUT2D eigenvalue weighted by Gasteiger charge is -2.36. The van der Waals surface area contributed by atoms with Gasteiger partial charge in [-0.05, 0) is 54.0 Å². The van der Waals surface area contributed by atoms with Gasteiger partial charge in [0.15, 0.2) is 0 Å². The van der Waals surface area contributed by atoms with E-state index in [4.69, 9.17) is 0 Å². The molecule has 4 heteroatoms. The van der Waals surface area contributed by atoms with Crippen LogP contribution in [0.15, 0.2) is 35.7 Å². The molecule has 0 unspecified atom stereocenters. The van der Waals surface area contributed by atoms with Crippen molar-refractivity contribution in [2.75, 3.05) is 6.54 Å². The van der Waals surface area contributed by atoms with Gasteiger partial charge in [-0.2, -0.15) is 0 Å². The molecule has 0 bridgehead atoms. The van der Waals surface area contributed by atoms with Crippen LogP contribution in [0.4, 0.5) is 4.39 Å². The molecule has 0 atom stereocenters. The number of carbonyl (C=O) groups excluding carboxylic acids is 1. The Kier molecular flexibility index (Phi) is 3.72. The first-order chi connectivity index (χ1) is 11.2. The van der Waals surface area contributed by atoms with Crippen molar-refractivity contribution >= 4 is 17.2 Å². The van der Waals surface area contributed by atoms with Gasteiger partial charge in [-0.3, -0.25) is 4.79 Å². The van der Waals surface area contributed by atoms with Gasteiger partial charge >= 0.3 is 0 Å². The summed E-state index contributed by atoms with van der Waals surface area (Å²) in [6.45, 7) is 1.48.